The zero-order valence-corrected chi connectivity index (χ0v) is 14.9. The van der Waals surface area contributed by atoms with E-state index in [1.807, 2.05) is 42.5 Å². The largest absolute Gasteiger partial charge is 0.372 e. The maximum atomic E-state index is 12.6. The molecule has 4 unspecified atom stereocenters. The third-order valence-corrected chi connectivity index (χ3v) is 5.89. The van der Waals surface area contributed by atoms with Gasteiger partial charge in [0.05, 0.1) is 19.1 Å². The average molecular weight is 350 g/mol. The van der Waals surface area contributed by atoms with Crippen molar-refractivity contribution in [3.63, 3.8) is 0 Å². The van der Waals surface area contributed by atoms with E-state index in [1.54, 1.807) is 0 Å². The highest BCUT2D eigenvalue weighted by atomic mass is 16.5. The molecule has 0 aromatic heterocycles. The Labute approximate surface area is 154 Å². The number of carbonyl (C=O) groups excluding carboxylic acids is 1. The van der Waals surface area contributed by atoms with E-state index in [0.717, 1.165) is 24.1 Å². The van der Waals surface area contributed by atoms with E-state index in [1.165, 1.54) is 12.0 Å². The normalized spacial score (nSPS) is 26.8. The minimum atomic E-state index is -0.0253. The molecule has 3 N–H and O–H groups in total. The minimum absolute atomic E-state index is 0.0253. The first kappa shape index (κ1) is 17.3. The summed E-state index contributed by atoms with van der Waals surface area (Å²) in [5.74, 6) is 1.07. The fourth-order valence-electron chi connectivity index (χ4n) is 4.50. The van der Waals surface area contributed by atoms with Gasteiger partial charge >= 0.3 is 0 Å². The number of amides is 1. The molecule has 4 nitrogen and oxygen atoms in total. The van der Waals surface area contributed by atoms with Crippen LogP contribution in [0.4, 0.5) is 5.69 Å². The predicted molar refractivity (Wildman–Crippen MR) is 102 cm³/mol. The van der Waals surface area contributed by atoms with E-state index in [4.69, 9.17) is 10.5 Å². The van der Waals surface area contributed by atoms with Gasteiger partial charge < -0.3 is 15.8 Å². The summed E-state index contributed by atoms with van der Waals surface area (Å²) in [5, 5.41) is 3.05. The van der Waals surface area contributed by atoms with Gasteiger partial charge in [0.25, 0.3) is 0 Å². The van der Waals surface area contributed by atoms with Crippen molar-refractivity contribution in [3.05, 3.63) is 65.7 Å². The quantitative estimate of drug-likeness (QED) is 0.835. The van der Waals surface area contributed by atoms with Crippen molar-refractivity contribution < 1.29 is 9.53 Å². The minimum Gasteiger partial charge on any atom is -0.372 e. The fourth-order valence-corrected chi connectivity index (χ4v) is 4.50. The van der Waals surface area contributed by atoms with Gasteiger partial charge in [0.1, 0.15) is 0 Å². The van der Waals surface area contributed by atoms with Crippen molar-refractivity contribution in [1.29, 1.82) is 0 Å². The van der Waals surface area contributed by atoms with Gasteiger partial charge in [0.15, 0.2) is 0 Å². The Morgan fingerprint density at radius 2 is 1.62 bits per heavy atom. The second-order valence-corrected chi connectivity index (χ2v) is 7.60. The van der Waals surface area contributed by atoms with E-state index in [9.17, 15) is 4.79 Å². The summed E-state index contributed by atoms with van der Waals surface area (Å²) in [6.07, 6.45) is 3.46. The molecule has 2 fully saturated rings. The maximum Gasteiger partial charge on any atom is 0.229 e. The Morgan fingerprint density at radius 1 is 0.962 bits per heavy atom. The Kier molecular flexibility index (Phi) is 5.05. The molecule has 4 atom stereocenters. The van der Waals surface area contributed by atoms with Crippen molar-refractivity contribution in [2.75, 3.05) is 5.32 Å². The Balaban J connectivity index is 1.28. The van der Waals surface area contributed by atoms with Crippen molar-refractivity contribution in [1.82, 2.24) is 0 Å². The molecule has 1 amide bonds. The molecule has 136 valence electrons. The van der Waals surface area contributed by atoms with Crippen molar-refractivity contribution in [2.24, 2.45) is 23.5 Å². The van der Waals surface area contributed by atoms with Crippen LogP contribution in [0.2, 0.25) is 0 Å². The highest BCUT2D eigenvalue weighted by Crippen LogP contribution is 2.47. The molecule has 2 aliphatic carbocycles. The average Bonchev–Trinajstić information content (AvgIpc) is 3.25. The van der Waals surface area contributed by atoms with E-state index in [2.05, 4.69) is 17.4 Å². The van der Waals surface area contributed by atoms with Gasteiger partial charge in [-0.3, -0.25) is 4.79 Å². The van der Waals surface area contributed by atoms with E-state index in [-0.39, 0.29) is 17.9 Å². The smallest absolute Gasteiger partial charge is 0.229 e. The number of ether oxygens (including phenoxy) is 1. The number of nitrogens with two attached hydrogens (primary N) is 1. The first-order valence-corrected chi connectivity index (χ1v) is 9.48. The summed E-state index contributed by atoms with van der Waals surface area (Å²) in [6, 6.07) is 18.0. The van der Waals surface area contributed by atoms with E-state index >= 15 is 0 Å². The highest BCUT2D eigenvalue weighted by Gasteiger charge is 2.49. The molecule has 26 heavy (non-hydrogen) atoms. The summed E-state index contributed by atoms with van der Waals surface area (Å²) in [4.78, 5) is 12.6. The lowest BCUT2D eigenvalue weighted by atomic mass is 9.84. The Bertz CT molecular complexity index is 742. The van der Waals surface area contributed by atoms with E-state index < -0.39 is 0 Å². The summed E-state index contributed by atoms with van der Waals surface area (Å²) in [5.41, 5.74) is 9.36. The molecule has 0 saturated heterocycles. The predicted octanol–water partition coefficient (Wildman–Crippen LogP) is 3.72. The lowest BCUT2D eigenvalue weighted by molar-refractivity contribution is -0.121. The lowest BCUT2D eigenvalue weighted by Gasteiger charge is -2.27. The van der Waals surface area contributed by atoms with Crippen LogP contribution in [0.1, 0.15) is 30.4 Å². The molecule has 2 aromatic carbocycles. The van der Waals surface area contributed by atoms with Crippen LogP contribution in [0.3, 0.4) is 0 Å². The van der Waals surface area contributed by atoms with Gasteiger partial charge in [-0.2, -0.15) is 0 Å². The summed E-state index contributed by atoms with van der Waals surface area (Å²) in [7, 11) is 0. The molecule has 0 radical (unpaired) electrons. The topological polar surface area (TPSA) is 64.4 Å². The monoisotopic (exact) mass is 350 g/mol. The van der Waals surface area contributed by atoms with Gasteiger partial charge in [-0.15, -0.1) is 0 Å². The summed E-state index contributed by atoms with van der Waals surface area (Å²) >= 11 is 0. The first-order chi connectivity index (χ1) is 12.7. The molecule has 4 heteroatoms. The molecule has 0 spiro atoms. The third kappa shape index (κ3) is 3.67. The molecule has 2 aliphatic rings. The number of anilines is 1. The highest BCUT2D eigenvalue weighted by molar-refractivity contribution is 5.93. The zero-order valence-electron chi connectivity index (χ0n) is 14.9. The second-order valence-electron chi connectivity index (χ2n) is 7.60. The third-order valence-electron chi connectivity index (χ3n) is 5.89. The van der Waals surface area contributed by atoms with Crippen LogP contribution in [0.5, 0.6) is 0 Å². The van der Waals surface area contributed by atoms with Gasteiger partial charge in [-0.25, -0.2) is 0 Å². The molecular formula is C22H26N2O2. The second kappa shape index (κ2) is 7.60. The molecular weight excluding hydrogens is 324 g/mol. The SMILES string of the molecule is NC1C2CCC(C2)C1C(=O)Nc1ccc(COCc2ccccc2)cc1. The first-order valence-electron chi connectivity index (χ1n) is 9.48. The van der Waals surface area contributed by atoms with E-state index in [0.29, 0.717) is 25.0 Å². The van der Waals surface area contributed by atoms with Crippen LogP contribution >= 0.6 is 0 Å². The van der Waals surface area contributed by atoms with Crippen LogP contribution in [0.15, 0.2) is 54.6 Å². The van der Waals surface area contributed by atoms with Gasteiger partial charge in [-0.05, 0) is 54.4 Å². The van der Waals surface area contributed by atoms with Gasteiger partial charge in [0, 0.05) is 11.7 Å². The molecule has 2 aromatic rings. The Hall–Kier alpha value is -2.17. The molecule has 2 saturated carbocycles. The molecule has 0 heterocycles. The number of benzene rings is 2. The maximum absolute atomic E-state index is 12.6. The van der Waals surface area contributed by atoms with Gasteiger partial charge in [0.2, 0.25) is 5.91 Å². The summed E-state index contributed by atoms with van der Waals surface area (Å²) in [6.45, 7) is 1.15. The van der Waals surface area contributed by atoms with Crippen LogP contribution in [0, 0.1) is 17.8 Å². The number of rotatable bonds is 6. The molecule has 4 rings (SSSR count). The van der Waals surface area contributed by atoms with Crippen LogP contribution in [0.25, 0.3) is 0 Å². The number of carbonyl (C=O) groups is 1. The van der Waals surface area contributed by atoms with Crippen LogP contribution < -0.4 is 11.1 Å². The standard InChI is InChI=1S/C22H26N2O2/c23-21-18-9-8-17(12-18)20(21)22(25)24-19-10-6-16(7-11-19)14-26-13-15-4-2-1-3-5-15/h1-7,10-11,17-18,20-21H,8-9,12-14,23H2,(H,24,25). The molecule has 0 aliphatic heterocycles. The van der Waals surface area contributed by atoms with Crippen molar-refractivity contribution in [3.8, 4) is 0 Å². The van der Waals surface area contributed by atoms with Gasteiger partial charge in [-0.1, -0.05) is 42.5 Å². The molecule has 2 bridgehead atoms. The number of nitrogens with one attached hydrogen (secondary N) is 1. The summed E-state index contributed by atoms with van der Waals surface area (Å²) < 4.78 is 5.75. The Morgan fingerprint density at radius 3 is 2.27 bits per heavy atom. The number of hydrogen-bond acceptors (Lipinski definition) is 3. The zero-order chi connectivity index (χ0) is 17.9. The number of fused-ring (bicyclic) bond motifs is 2. The fraction of sp³-hybridized carbons (Fsp3) is 0.409. The van der Waals surface area contributed by atoms with Crippen molar-refractivity contribution >= 4 is 11.6 Å². The van der Waals surface area contributed by atoms with Crippen molar-refractivity contribution in [2.45, 2.75) is 38.5 Å². The van der Waals surface area contributed by atoms with Crippen LogP contribution in [-0.2, 0) is 22.7 Å². The lowest BCUT2D eigenvalue weighted by Crippen LogP contribution is -2.42. The van der Waals surface area contributed by atoms with Crippen LogP contribution in [-0.4, -0.2) is 11.9 Å². The number of hydrogen-bond donors (Lipinski definition) is 2.